The molecule has 0 saturated carbocycles. The third kappa shape index (κ3) is 3.50. The maximum atomic E-state index is 11.2. The molecule has 1 fully saturated rings. The van der Waals surface area contributed by atoms with E-state index in [1.165, 1.54) is 0 Å². The molecule has 1 aliphatic rings. The van der Waals surface area contributed by atoms with Gasteiger partial charge in [0, 0.05) is 12.6 Å². The van der Waals surface area contributed by atoms with Crippen LogP contribution in [0.5, 0.6) is 0 Å². The largest absolute Gasteiger partial charge is 0.361 e. The monoisotopic (exact) mass is 297 g/mol. The number of nitrogens with zero attached hydrogens (tertiary/aromatic N) is 3. The molecule has 1 aromatic rings. The summed E-state index contributed by atoms with van der Waals surface area (Å²) in [5.74, 6) is 2.92. The molecule has 0 atom stereocenters. The summed E-state index contributed by atoms with van der Waals surface area (Å²) in [6.45, 7) is 4.25. The lowest BCUT2D eigenvalue weighted by Gasteiger charge is -2.23. The van der Waals surface area contributed by atoms with Gasteiger partial charge >= 0.3 is 5.69 Å². The lowest BCUT2D eigenvalue weighted by atomic mass is 10.1. The smallest absolute Gasteiger partial charge is 0.332 e. The van der Waals surface area contributed by atoms with Crippen molar-refractivity contribution in [3.63, 3.8) is 0 Å². The molecule has 2 N–H and O–H groups in total. The Morgan fingerprint density at radius 1 is 1.40 bits per heavy atom. The summed E-state index contributed by atoms with van der Waals surface area (Å²) < 4.78 is 0. The Balaban J connectivity index is 2.28. The number of nitrogens with one attached hydrogen (secondary N) is 2. The summed E-state index contributed by atoms with van der Waals surface area (Å²) in [6.07, 6.45) is 2.00. The second-order valence-corrected chi connectivity index (χ2v) is 5.87. The van der Waals surface area contributed by atoms with Crippen molar-refractivity contribution in [1.29, 1.82) is 0 Å². The van der Waals surface area contributed by atoms with Crippen LogP contribution < -0.4 is 10.6 Å². The van der Waals surface area contributed by atoms with Crippen LogP contribution in [-0.2, 0) is 0 Å². The van der Waals surface area contributed by atoms with Gasteiger partial charge in [0.15, 0.2) is 0 Å². The van der Waals surface area contributed by atoms with E-state index in [2.05, 4.69) is 20.6 Å². The van der Waals surface area contributed by atoms with Crippen LogP contribution >= 0.6 is 11.8 Å². The van der Waals surface area contributed by atoms with E-state index in [0.717, 1.165) is 24.3 Å². The number of nitro groups is 1. The molecular formula is C12H19N5O2S. The molecule has 20 heavy (non-hydrogen) atoms. The summed E-state index contributed by atoms with van der Waals surface area (Å²) >= 11 is 1.92. The van der Waals surface area contributed by atoms with Gasteiger partial charge in [0.2, 0.25) is 11.8 Å². The fraction of sp³-hybridized carbons (Fsp3) is 0.667. The van der Waals surface area contributed by atoms with Crippen molar-refractivity contribution in [2.75, 3.05) is 28.7 Å². The normalized spacial score (nSPS) is 15.9. The van der Waals surface area contributed by atoms with Gasteiger partial charge < -0.3 is 10.6 Å². The average molecular weight is 297 g/mol. The molecule has 110 valence electrons. The highest BCUT2D eigenvalue weighted by Crippen LogP contribution is 2.29. The van der Waals surface area contributed by atoms with E-state index in [-0.39, 0.29) is 11.7 Å². The molecule has 0 unspecified atom stereocenters. The van der Waals surface area contributed by atoms with Crippen LogP contribution in [0.25, 0.3) is 0 Å². The highest BCUT2D eigenvalue weighted by molar-refractivity contribution is 7.99. The zero-order chi connectivity index (χ0) is 14.5. The highest BCUT2D eigenvalue weighted by Gasteiger charge is 2.24. The van der Waals surface area contributed by atoms with E-state index in [0.29, 0.717) is 24.0 Å². The minimum absolute atomic E-state index is 0.0233. The number of hydrogen-bond donors (Lipinski definition) is 2. The van der Waals surface area contributed by atoms with E-state index in [9.17, 15) is 10.1 Å². The van der Waals surface area contributed by atoms with Gasteiger partial charge in [-0.25, -0.2) is 4.98 Å². The molecule has 1 aromatic heterocycles. The number of aromatic nitrogens is 2. The van der Waals surface area contributed by atoms with Gasteiger partial charge in [0.05, 0.1) is 4.92 Å². The highest BCUT2D eigenvalue weighted by atomic mass is 32.2. The molecule has 0 bridgehead atoms. The van der Waals surface area contributed by atoms with E-state index in [1.54, 1.807) is 6.92 Å². The molecule has 7 nitrogen and oxygen atoms in total. The van der Waals surface area contributed by atoms with Crippen molar-refractivity contribution in [2.24, 2.45) is 0 Å². The van der Waals surface area contributed by atoms with Crippen LogP contribution in [0.1, 0.15) is 25.5 Å². The van der Waals surface area contributed by atoms with Gasteiger partial charge in [0.1, 0.15) is 5.69 Å². The van der Waals surface area contributed by atoms with Gasteiger partial charge in [-0.05, 0) is 38.2 Å². The van der Waals surface area contributed by atoms with Crippen molar-refractivity contribution in [2.45, 2.75) is 32.7 Å². The second kappa shape index (κ2) is 6.74. The summed E-state index contributed by atoms with van der Waals surface area (Å²) in [5.41, 5.74) is 0.360. The lowest BCUT2D eigenvalue weighted by molar-refractivity contribution is -0.385. The molecule has 0 spiro atoms. The Morgan fingerprint density at radius 3 is 2.70 bits per heavy atom. The zero-order valence-corrected chi connectivity index (χ0v) is 12.5. The third-order valence-electron chi connectivity index (χ3n) is 3.14. The summed E-state index contributed by atoms with van der Waals surface area (Å²) in [4.78, 5) is 19.2. The van der Waals surface area contributed by atoms with E-state index in [1.807, 2.05) is 18.7 Å². The molecule has 2 heterocycles. The quantitative estimate of drug-likeness (QED) is 0.636. The number of thioether (sulfide) groups is 1. The van der Waals surface area contributed by atoms with E-state index < -0.39 is 4.92 Å². The first-order chi connectivity index (χ1) is 9.61. The number of rotatable bonds is 5. The molecule has 0 amide bonds. The third-order valence-corrected chi connectivity index (χ3v) is 4.19. The predicted molar refractivity (Wildman–Crippen MR) is 81.6 cm³/mol. The molecule has 8 heteroatoms. The Morgan fingerprint density at radius 2 is 2.10 bits per heavy atom. The van der Waals surface area contributed by atoms with Gasteiger partial charge in [-0.15, -0.1) is 0 Å². The molecular weight excluding hydrogens is 278 g/mol. The Kier molecular flexibility index (Phi) is 4.99. The van der Waals surface area contributed by atoms with Crippen molar-refractivity contribution < 1.29 is 4.92 Å². The fourth-order valence-corrected chi connectivity index (χ4v) is 3.27. The van der Waals surface area contributed by atoms with Crippen molar-refractivity contribution in [3.8, 4) is 0 Å². The van der Waals surface area contributed by atoms with Gasteiger partial charge in [0.25, 0.3) is 0 Å². The van der Waals surface area contributed by atoms with Crippen LogP contribution in [0.15, 0.2) is 0 Å². The van der Waals surface area contributed by atoms with Crippen LogP contribution in [0.2, 0.25) is 0 Å². The minimum atomic E-state index is -0.412. The van der Waals surface area contributed by atoms with Crippen LogP contribution in [0.4, 0.5) is 17.5 Å². The van der Waals surface area contributed by atoms with Gasteiger partial charge in [-0.3, -0.25) is 10.1 Å². The summed E-state index contributed by atoms with van der Waals surface area (Å²) in [5, 5.41) is 17.4. The SMILES string of the molecule is CCNc1nc(C)c([N+](=O)[O-])c(NC2CCSCC2)n1. The first kappa shape index (κ1) is 14.8. The fourth-order valence-electron chi connectivity index (χ4n) is 2.16. The Labute approximate surface area is 122 Å². The zero-order valence-electron chi connectivity index (χ0n) is 11.7. The topological polar surface area (TPSA) is 93.0 Å². The van der Waals surface area contributed by atoms with Crippen molar-refractivity contribution >= 4 is 29.2 Å². The first-order valence-electron chi connectivity index (χ1n) is 6.73. The van der Waals surface area contributed by atoms with E-state index >= 15 is 0 Å². The van der Waals surface area contributed by atoms with Crippen LogP contribution in [0.3, 0.4) is 0 Å². The van der Waals surface area contributed by atoms with Crippen molar-refractivity contribution in [3.05, 3.63) is 15.8 Å². The van der Waals surface area contributed by atoms with Crippen molar-refractivity contribution in [1.82, 2.24) is 9.97 Å². The molecule has 1 aliphatic heterocycles. The second-order valence-electron chi connectivity index (χ2n) is 4.65. The Hall–Kier alpha value is -1.57. The maximum Gasteiger partial charge on any atom is 0.332 e. The number of hydrogen-bond acceptors (Lipinski definition) is 7. The number of aryl methyl sites for hydroxylation is 1. The average Bonchev–Trinajstić information content (AvgIpc) is 2.39. The molecule has 0 radical (unpaired) electrons. The van der Waals surface area contributed by atoms with Gasteiger partial charge in [-0.1, -0.05) is 0 Å². The standard InChI is InChI=1S/C12H19N5O2S/c1-3-13-12-14-8(2)10(17(18)19)11(16-12)15-9-4-6-20-7-5-9/h9H,3-7H2,1-2H3,(H2,13,14,15,16). The van der Waals surface area contributed by atoms with Gasteiger partial charge in [-0.2, -0.15) is 16.7 Å². The predicted octanol–water partition coefficient (Wildman–Crippen LogP) is 2.43. The van der Waals surface area contributed by atoms with Crippen LogP contribution in [-0.4, -0.2) is 39.0 Å². The van der Waals surface area contributed by atoms with E-state index in [4.69, 9.17) is 0 Å². The molecule has 2 rings (SSSR count). The first-order valence-corrected chi connectivity index (χ1v) is 7.88. The van der Waals surface area contributed by atoms with Crippen LogP contribution in [0, 0.1) is 17.0 Å². The Bertz CT molecular complexity index is 491. The summed E-state index contributed by atoms with van der Waals surface area (Å²) in [6, 6.07) is 0.249. The minimum Gasteiger partial charge on any atom is -0.361 e. The maximum absolute atomic E-state index is 11.2. The molecule has 0 aromatic carbocycles. The summed E-state index contributed by atoms with van der Waals surface area (Å²) in [7, 11) is 0. The molecule has 1 saturated heterocycles. The number of anilines is 2. The lowest BCUT2D eigenvalue weighted by Crippen LogP contribution is -2.26. The molecule has 0 aliphatic carbocycles.